The van der Waals surface area contributed by atoms with Gasteiger partial charge < -0.3 is 26.0 Å². The minimum Gasteiger partial charge on any atom is -0.508 e. The van der Waals surface area contributed by atoms with Gasteiger partial charge in [0.25, 0.3) is 0 Å². The topological polar surface area (TPSA) is 84.8 Å². The quantitative estimate of drug-likeness (QED) is 0.306. The molecule has 194 valence electrons. The van der Waals surface area contributed by atoms with Crippen LogP contribution in [0.1, 0.15) is 60.8 Å². The van der Waals surface area contributed by atoms with Gasteiger partial charge in [-0.15, -0.1) is 0 Å². The molecule has 2 fully saturated rings. The van der Waals surface area contributed by atoms with Crippen molar-refractivity contribution in [3.05, 3.63) is 89.0 Å². The molecule has 0 saturated heterocycles. The average Bonchev–Trinajstić information content (AvgIpc) is 3.24. The molecule has 5 heteroatoms. The Hall–Kier alpha value is -3.02. The fraction of sp³-hybridized carbons (Fsp3) is 0.438. The summed E-state index contributed by atoms with van der Waals surface area (Å²) >= 11 is 0. The van der Waals surface area contributed by atoms with E-state index in [1.165, 1.54) is 24.0 Å². The summed E-state index contributed by atoms with van der Waals surface area (Å²) in [6.07, 6.45) is 5.55. The average molecular weight is 499 g/mol. The molecule has 0 amide bonds. The van der Waals surface area contributed by atoms with Crippen LogP contribution < -0.4 is 10.6 Å². The third-order valence-corrected chi connectivity index (χ3v) is 9.92. The van der Waals surface area contributed by atoms with E-state index in [9.17, 15) is 15.3 Å². The van der Waals surface area contributed by atoms with E-state index in [1.807, 2.05) is 48.5 Å². The Bertz CT molecular complexity index is 1280. The molecule has 0 spiro atoms. The van der Waals surface area contributed by atoms with E-state index in [0.29, 0.717) is 54.1 Å². The predicted octanol–water partition coefficient (Wildman–Crippen LogP) is 5.59. The van der Waals surface area contributed by atoms with Crippen molar-refractivity contribution in [3.63, 3.8) is 0 Å². The van der Waals surface area contributed by atoms with Gasteiger partial charge >= 0.3 is 0 Å². The fourth-order valence-electron chi connectivity index (χ4n) is 8.03. The van der Waals surface area contributed by atoms with Crippen molar-refractivity contribution in [2.45, 2.75) is 70.1 Å². The second-order valence-corrected chi connectivity index (χ2v) is 11.6. The molecule has 3 aliphatic rings. The number of aromatic hydroxyl groups is 3. The Kier molecular flexibility index (Phi) is 6.37. The summed E-state index contributed by atoms with van der Waals surface area (Å²) in [6.45, 7) is 3.76. The van der Waals surface area contributed by atoms with E-state index in [1.54, 1.807) is 12.1 Å². The van der Waals surface area contributed by atoms with Crippen LogP contribution in [-0.4, -0.2) is 27.4 Å². The summed E-state index contributed by atoms with van der Waals surface area (Å²) in [5.74, 6) is 2.73. The summed E-state index contributed by atoms with van der Waals surface area (Å²) in [4.78, 5) is 0. The first-order valence-electron chi connectivity index (χ1n) is 13.8. The number of hydrogen-bond acceptors (Lipinski definition) is 5. The van der Waals surface area contributed by atoms with E-state index >= 15 is 0 Å². The third kappa shape index (κ3) is 4.28. The van der Waals surface area contributed by atoms with Gasteiger partial charge in [-0.25, -0.2) is 0 Å². The number of aryl methyl sites for hydroxylation is 1. The largest absolute Gasteiger partial charge is 0.508 e. The van der Waals surface area contributed by atoms with Crippen LogP contribution in [0.25, 0.3) is 0 Å². The van der Waals surface area contributed by atoms with Crippen molar-refractivity contribution in [2.75, 3.05) is 0 Å². The van der Waals surface area contributed by atoms with Gasteiger partial charge in [0.1, 0.15) is 17.2 Å². The summed E-state index contributed by atoms with van der Waals surface area (Å²) < 4.78 is 0. The van der Waals surface area contributed by atoms with Gasteiger partial charge in [0, 0.05) is 41.7 Å². The fourth-order valence-corrected chi connectivity index (χ4v) is 8.03. The van der Waals surface area contributed by atoms with Crippen LogP contribution in [-0.2, 0) is 19.5 Å². The molecule has 0 heterocycles. The molecule has 5 nitrogen and oxygen atoms in total. The molecular formula is C32H38N2O3. The highest BCUT2D eigenvalue weighted by atomic mass is 16.3. The van der Waals surface area contributed by atoms with Crippen molar-refractivity contribution in [1.29, 1.82) is 0 Å². The van der Waals surface area contributed by atoms with Gasteiger partial charge in [0.05, 0.1) is 0 Å². The Morgan fingerprint density at radius 2 is 1.43 bits per heavy atom. The second-order valence-electron chi connectivity index (χ2n) is 11.6. The SMILES string of the molecule is C[C@]12C(CC[C@H]1NCc1ccccc1O)C1CCc3cc(O)ccc3C1C[C@@H]2NCc1ccccc1O. The number of benzene rings is 3. The van der Waals surface area contributed by atoms with Gasteiger partial charge in [-0.3, -0.25) is 0 Å². The smallest absolute Gasteiger partial charge is 0.120 e. The summed E-state index contributed by atoms with van der Waals surface area (Å²) in [5.41, 5.74) is 4.63. The highest BCUT2D eigenvalue weighted by Crippen LogP contribution is 2.61. The van der Waals surface area contributed by atoms with E-state index < -0.39 is 0 Å². The van der Waals surface area contributed by atoms with Crippen molar-refractivity contribution in [2.24, 2.45) is 17.3 Å². The molecular weight excluding hydrogens is 460 g/mol. The molecule has 2 saturated carbocycles. The number of rotatable bonds is 6. The van der Waals surface area contributed by atoms with Crippen molar-refractivity contribution < 1.29 is 15.3 Å². The van der Waals surface area contributed by atoms with Crippen LogP contribution in [0.3, 0.4) is 0 Å². The molecule has 3 aromatic carbocycles. The number of hydrogen-bond donors (Lipinski definition) is 5. The standard InChI is InChI=1S/C32H38N2O3/c1-32-27(14-15-30(32)33-18-21-6-2-4-8-28(21)36)25-12-10-20-16-23(35)11-13-24(20)26(25)17-31(32)34-19-22-7-3-5-9-29(22)37/h2-9,11,13,16,25-27,30-31,33-37H,10,12,14-15,17-19H2,1H3/t25?,26?,27?,30-,31+,32+/m1/s1. The molecule has 0 aliphatic heterocycles. The van der Waals surface area contributed by atoms with Gasteiger partial charge in [-0.1, -0.05) is 49.4 Å². The minimum absolute atomic E-state index is 0.0460. The second kappa shape index (κ2) is 9.70. The molecule has 6 rings (SSSR count). The van der Waals surface area contributed by atoms with Crippen LogP contribution in [0.5, 0.6) is 17.2 Å². The molecule has 3 aromatic rings. The number of fused-ring (bicyclic) bond motifs is 5. The first kappa shape index (κ1) is 24.3. The van der Waals surface area contributed by atoms with E-state index in [4.69, 9.17) is 0 Å². The lowest BCUT2D eigenvalue weighted by Gasteiger charge is -2.55. The van der Waals surface area contributed by atoms with Gasteiger partial charge in [-0.2, -0.15) is 0 Å². The van der Waals surface area contributed by atoms with Gasteiger partial charge in [0.2, 0.25) is 0 Å². The zero-order valence-electron chi connectivity index (χ0n) is 21.5. The molecule has 3 aliphatic carbocycles. The Morgan fingerprint density at radius 1 is 0.784 bits per heavy atom. The van der Waals surface area contributed by atoms with Gasteiger partial charge in [-0.05, 0) is 85.3 Å². The van der Waals surface area contributed by atoms with Crippen molar-refractivity contribution >= 4 is 0 Å². The molecule has 0 radical (unpaired) electrons. The molecule has 5 N–H and O–H groups in total. The zero-order chi connectivity index (χ0) is 25.6. The normalized spacial score (nSPS) is 30.4. The maximum Gasteiger partial charge on any atom is 0.120 e. The van der Waals surface area contributed by atoms with Crippen LogP contribution >= 0.6 is 0 Å². The molecule has 0 aromatic heterocycles. The first-order chi connectivity index (χ1) is 17.9. The monoisotopic (exact) mass is 498 g/mol. The van der Waals surface area contributed by atoms with Crippen molar-refractivity contribution in [1.82, 2.24) is 10.6 Å². The maximum absolute atomic E-state index is 10.4. The van der Waals surface area contributed by atoms with Crippen LogP contribution in [0.15, 0.2) is 66.7 Å². The third-order valence-electron chi connectivity index (χ3n) is 9.92. The lowest BCUT2D eigenvalue weighted by atomic mass is 9.53. The summed E-state index contributed by atoms with van der Waals surface area (Å²) in [6, 6.07) is 21.8. The van der Waals surface area contributed by atoms with Crippen LogP contribution in [0, 0.1) is 17.3 Å². The lowest BCUT2D eigenvalue weighted by molar-refractivity contribution is 0.00434. The first-order valence-corrected chi connectivity index (χ1v) is 13.8. The zero-order valence-corrected chi connectivity index (χ0v) is 21.5. The Morgan fingerprint density at radius 3 is 2.11 bits per heavy atom. The van der Waals surface area contributed by atoms with E-state index in [0.717, 1.165) is 30.4 Å². The highest BCUT2D eigenvalue weighted by molar-refractivity contribution is 5.41. The molecule has 6 atom stereocenters. The maximum atomic E-state index is 10.4. The van der Waals surface area contributed by atoms with E-state index in [2.05, 4.69) is 23.6 Å². The molecule has 0 bridgehead atoms. The number of phenolic OH excluding ortho intramolecular Hbond substituents is 3. The van der Waals surface area contributed by atoms with Gasteiger partial charge in [0.15, 0.2) is 0 Å². The Labute approximate surface area is 219 Å². The summed E-state index contributed by atoms with van der Waals surface area (Å²) in [5, 5.41) is 38.6. The van der Waals surface area contributed by atoms with Crippen molar-refractivity contribution in [3.8, 4) is 17.2 Å². The highest BCUT2D eigenvalue weighted by Gasteiger charge is 2.59. The number of nitrogens with one attached hydrogen (secondary N) is 2. The molecule has 3 unspecified atom stereocenters. The molecule has 37 heavy (non-hydrogen) atoms. The van der Waals surface area contributed by atoms with Crippen LogP contribution in [0.2, 0.25) is 0 Å². The number of phenols is 3. The van der Waals surface area contributed by atoms with E-state index in [-0.39, 0.29) is 11.5 Å². The summed E-state index contributed by atoms with van der Waals surface area (Å²) in [7, 11) is 0. The number of para-hydroxylation sites is 2. The minimum atomic E-state index is 0.0460. The predicted molar refractivity (Wildman–Crippen MR) is 146 cm³/mol. The Balaban J connectivity index is 1.31. The lowest BCUT2D eigenvalue weighted by Crippen LogP contribution is -2.60. The van der Waals surface area contributed by atoms with Crippen LogP contribution in [0.4, 0.5) is 0 Å².